The molecule has 1 saturated heterocycles. The summed E-state index contributed by atoms with van der Waals surface area (Å²) in [5, 5.41) is 3.03. The number of sulfonamides is 1. The van der Waals surface area contributed by atoms with Gasteiger partial charge in [-0.1, -0.05) is 74.5 Å². The van der Waals surface area contributed by atoms with Crippen molar-refractivity contribution in [3.8, 4) is 5.75 Å². The van der Waals surface area contributed by atoms with Crippen LogP contribution in [-0.4, -0.2) is 74.9 Å². The lowest BCUT2D eigenvalue weighted by Crippen LogP contribution is -2.52. The third-order valence-corrected chi connectivity index (χ3v) is 9.19. The number of carbonyl (C=O) groups excluding carboxylic acids is 2. The zero-order valence-electron chi connectivity index (χ0n) is 24.9. The van der Waals surface area contributed by atoms with Gasteiger partial charge in [0.1, 0.15) is 11.8 Å². The summed E-state index contributed by atoms with van der Waals surface area (Å²) < 4.78 is 38.4. The molecule has 0 aliphatic carbocycles. The smallest absolute Gasteiger partial charge is 0.261 e. The number of benzene rings is 3. The van der Waals surface area contributed by atoms with E-state index < -0.39 is 16.1 Å². The highest BCUT2D eigenvalue weighted by molar-refractivity contribution is 7.89. The fourth-order valence-corrected chi connectivity index (χ4v) is 6.22. The Balaban J connectivity index is 1.52. The summed E-state index contributed by atoms with van der Waals surface area (Å²) in [6.07, 6.45) is 1.18. The molecule has 1 N–H and O–H groups in total. The maximum atomic E-state index is 13.8. The molecule has 0 aromatic heterocycles. The Morgan fingerprint density at radius 1 is 0.907 bits per heavy atom. The van der Waals surface area contributed by atoms with Gasteiger partial charge in [0, 0.05) is 32.6 Å². The van der Waals surface area contributed by atoms with Crippen LogP contribution >= 0.6 is 0 Å². The second-order valence-corrected chi connectivity index (χ2v) is 12.9. The lowest BCUT2D eigenvalue weighted by atomic mass is 10.0. The highest BCUT2D eigenvalue weighted by atomic mass is 32.2. The molecule has 9 nitrogen and oxygen atoms in total. The van der Waals surface area contributed by atoms with E-state index in [0.29, 0.717) is 50.9 Å². The number of morpholine rings is 1. The van der Waals surface area contributed by atoms with Crippen molar-refractivity contribution in [2.75, 3.05) is 39.5 Å². The summed E-state index contributed by atoms with van der Waals surface area (Å²) in [7, 11) is -3.64. The van der Waals surface area contributed by atoms with Crippen LogP contribution in [0.3, 0.4) is 0 Å². The molecule has 0 bridgehead atoms. The number of nitrogens with zero attached hydrogens (tertiary/aromatic N) is 2. The van der Waals surface area contributed by atoms with Gasteiger partial charge in [-0.3, -0.25) is 9.59 Å². The molecule has 3 aromatic rings. The highest BCUT2D eigenvalue weighted by Crippen LogP contribution is 2.21. The van der Waals surface area contributed by atoms with Gasteiger partial charge in [-0.05, 0) is 47.7 Å². The average molecular weight is 608 g/mol. The molecule has 10 heteroatoms. The fourth-order valence-electron chi connectivity index (χ4n) is 4.81. The minimum Gasteiger partial charge on any atom is -0.484 e. The van der Waals surface area contributed by atoms with Crippen molar-refractivity contribution in [1.82, 2.24) is 14.5 Å². The second-order valence-electron chi connectivity index (χ2n) is 11.0. The lowest BCUT2D eigenvalue weighted by Gasteiger charge is -2.31. The van der Waals surface area contributed by atoms with E-state index in [9.17, 15) is 18.0 Å². The largest absolute Gasteiger partial charge is 0.484 e. The maximum Gasteiger partial charge on any atom is 0.261 e. The van der Waals surface area contributed by atoms with Gasteiger partial charge in [-0.2, -0.15) is 4.31 Å². The summed E-state index contributed by atoms with van der Waals surface area (Å²) in [4.78, 5) is 29.1. The first-order valence-corrected chi connectivity index (χ1v) is 16.1. The van der Waals surface area contributed by atoms with Crippen molar-refractivity contribution in [3.63, 3.8) is 0 Å². The fraction of sp³-hybridized carbons (Fsp3) is 0.394. The molecule has 1 unspecified atom stereocenters. The first-order chi connectivity index (χ1) is 20.7. The molecule has 0 radical (unpaired) electrons. The third kappa shape index (κ3) is 9.38. The van der Waals surface area contributed by atoms with Crippen LogP contribution in [0, 0.1) is 5.92 Å². The number of ether oxygens (including phenoxy) is 2. The predicted molar refractivity (Wildman–Crippen MR) is 165 cm³/mol. The molecule has 4 rings (SSSR count). The quantitative estimate of drug-likeness (QED) is 0.298. The molecule has 2 amide bonds. The Morgan fingerprint density at radius 3 is 2.12 bits per heavy atom. The molecule has 1 heterocycles. The zero-order valence-corrected chi connectivity index (χ0v) is 25.7. The van der Waals surface area contributed by atoms with E-state index in [1.54, 1.807) is 17.0 Å². The molecule has 0 spiro atoms. The number of amides is 2. The lowest BCUT2D eigenvalue weighted by molar-refractivity contribution is -0.142. The van der Waals surface area contributed by atoms with Gasteiger partial charge in [0.2, 0.25) is 15.9 Å². The van der Waals surface area contributed by atoms with Crippen LogP contribution in [0.4, 0.5) is 0 Å². The topological polar surface area (TPSA) is 105 Å². The first kappa shape index (κ1) is 32.2. The van der Waals surface area contributed by atoms with Gasteiger partial charge in [0.05, 0.1) is 18.1 Å². The predicted octanol–water partition coefficient (Wildman–Crippen LogP) is 3.89. The van der Waals surface area contributed by atoms with E-state index in [1.165, 1.54) is 16.4 Å². The number of rotatable bonds is 14. The van der Waals surface area contributed by atoms with E-state index in [2.05, 4.69) is 19.2 Å². The highest BCUT2D eigenvalue weighted by Gasteiger charge is 2.31. The average Bonchev–Trinajstić information content (AvgIpc) is 3.03. The summed E-state index contributed by atoms with van der Waals surface area (Å²) in [6.45, 7) is 5.98. The van der Waals surface area contributed by atoms with Crippen molar-refractivity contribution >= 4 is 21.8 Å². The zero-order chi connectivity index (χ0) is 30.7. The summed E-state index contributed by atoms with van der Waals surface area (Å²) >= 11 is 0. The van der Waals surface area contributed by atoms with E-state index in [0.717, 1.165) is 17.5 Å². The molecule has 230 valence electrons. The van der Waals surface area contributed by atoms with Crippen LogP contribution in [-0.2, 0) is 37.3 Å². The molecule has 1 fully saturated rings. The van der Waals surface area contributed by atoms with Crippen molar-refractivity contribution in [2.45, 2.75) is 44.2 Å². The van der Waals surface area contributed by atoms with Gasteiger partial charge in [0.15, 0.2) is 6.61 Å². The SMILES string of the molecule is CC(C)CCNC(=O)C(Cc1ccccc1)N(Cc1ccccc1)C(=O)COc1ccc(S(=O)(=O)N2CCOCC2)cc1. The molecule has 1 aliphatic rings. The summed E-state index contributed by atoms with van der Waals surface area (Å²) in [5.74, 6) is 0.216. The minimum absolute atomic E-state index is 0.153. The van der Waals surface area contributed by atoms with Gasteiger partial charge < -0.3 is 19.7 Å². The van der Waals surface area contributed by atoms with Gasteiger partial charge >= 0.3 is 0 Å². The Bertz CT molecular complexity index is 1410. The summed E-state index contributed by atoms with van der Waals surface area (Å²) in [5.41, 5.74) is 1.83. The Hall–Kier alpha value is -3.73. The first-order valence-electron chi connectivity index (χ1n) is 14.7. The van der Waals surface area contributed by atoms with Crippen LogP contribution in [0.2, 0.25) is 0 Å². The monoisotopic (exact) mass is 607 g/mol. The van der Waals surface area contributed by atoms with Crippen LogP contribution in [0.15, 0.2) is 89.8 Å². The molecule has 1 atom stereocenters. The molecule has 1 aliphatic heterocycles. The molecule has 0 saturated carbocycles. The van der Waals surface area contributed by atoms with E-state index in [-0.39, 0.29) is 29.9 Å². The molecule has 3 aromatic carbocycles. The minimum atomic E-state index is -3.64. The van der Waals surface area contributed by atoms with E-state index in [4.69, 9.17) is 9.47 Å². The third-order valence-electron chi connectivity index (χ3n) is 7.28. The van der Waals surface area contributed by atoms with Crippen LogP contribution < -0.4 is 10.1 Å². The van der Waals surface area contributed by atoms with Crippen molar-refractivity contribution in [1.29, 1.82) is 0 Å². The number of nitrogens with one attached hydrogen (secondary N) is 1. The standard InChI is InChI=1S/C33H41N3O6S/c1-26(2)17-18-34-33(38)31(23-27-9-5-3-6-10-27)36(24-28-11-7-4-8-12-28)32(37)25-42-29-13-15-30(16-14-29)43(39,40)35-19-21-41-22-20-35/h3-16,26,31H,17-25H2,1-2H3,(H,34,38). The summed E-state index contributed by atoms with van der Waals surface area (Å²) in [6, 6.07) is 24.5. The van der Waals surface area contributed by atoms with Crippen molar-refractivity contribution in [3.05, 3.63) is 96.1 Å². The number of carbonyl (C=O) groups is 2. The van der Waals surface area contributed by atoms with Crippen molar-refractivity contribution < 1.29 is 27.5 Å². The number of hydrogen-bond acceptors (Lipinski definition) is 6. The number of hydrogen-bond donors (Lipinski definition) is 1. The Kier molecular flexibility index (Phi) is 11.7. The van der Waals surface area contributed by atoms with Crippen LogP contribution in [0.25, 0.3) is 0 Å². The Labute approximate surface area is 254 Å². The Morgan fingerprint density at radius 2 is 1.51 bits per heavy atom. The van der Waals surface area contributed by atoms with Gasteiger partial charge in [-0.15, -0.1) is 0 Å². The van der Waals surface area contributed by atoms with Crippen molar-refractivity contribution in [2.24, 2.45) is 5.92 Å². The molecular formula is C33H41N3O6S. The van der Waals surface area contributed by atoms with Gasteiger partial charge in [-0.25, -0.2) is 8.42 Å². The van der Waals surface area contributed by atoms with Crippen LogP contribution in [0.5, 0.6) is 5.75 Å². The van der Waals surface area contributed by atoms with Gasteiger partial charge in [0.25, 0.3) is 5.91 Å². The van der Waals surface area contributed by atoms with Crippen LogP contribution in [0.1, 0.15) is 31.4 Å². The molecule has 43 heavy (non-hydrogen) atoms. The van der Waals surface area contributed by atoms with E-state index >= 15 is 0 Å². The normalized spacial score (nSPS) is 14.7. The second kappa shape index (κ2) is 15.7. The maximum absolute atomic E-state index is 13.8. The molecular weight excluding hydrogens is 566 g/mol. The van der Waals surface area contributed by atoms with E-state index in [1.807, 2.05) is 60.7 Å².